The van der Waals surface area contributed by atoms with Crippen LogP contribution in [0.4, 0.5) is 4.79 Å². The smallest absolute Gasteiger partial charge is 0.408 e. The van der Waals surface area contributed by atoms with Gasteiger partial charge in [-0.1, -0.05) is 13.8 Å². The zero-order valence-corrected chi connectivity index (χ0v) is 15.2. The summed E-state index contributed by atoms with van der Waals surface area (Å²) in [6.45, 7) is 7.58. The summed E-state index contributed by atoms with van der Waals surface area (Å²) in [6, 6.07) is 0. The van der Waals surface area contributed by atoms with E-state index < -0.39 is 31.8 Å². The van der Waals surface area contributed by atoms with E-state index >= 15 is 0 Å². The van der Waals surface area contributed by atoms with Crippen LogP contribution in [0.5, 0.6) is 0 Å². The van der Waals surface area contributed by atoms with Crippen LogP contribution in [0.25, 0.3) is 0 Å². The average molecular weight is 348 g/mol. The standard InChI is InChI=1S/C15H29N2O5P/c1-10(2)12-5-7-15(4,8-6-12)22-14(19)16-9-13(18)17-11(3)23(20)21/h10-12,20-21H,5-9H2,1-4H3,(H,16,19)(H,17,18). The molecule has 8 heteroatoms. The zero-order valence-electron chi connectivity index (χ0n) is 14.3. The number of carbonyl (C=O) groups excluding carboxylic acids is 2. The van der Waals surface area contributed by atoms with E-state index in [4.69, 9.17) is 14.5 Å². The highest BCUT2D eigenvalue weighted by Gasteiger charge is 2.35. The minimum absolute atomic E-state index is 0.253. The molecule has 0 saturated heterocycles. The third-order valence-electron chi connectivity index (χ3n) is 4.48. The first kappa shape index (κ1) is 20.1. The van der Waals surface area contributed by atoms with Gasteiger partial charge in [-0.15, -0.1) is 0 Å². The lowest BCUT2D eigenvalue weighted by molar-refractivity contribution is -0.120. The lowest BCUT2D eigenvalue weighted by atomic mass is 9.75. The Kier molecular flexibility index (Phi) is 7.71. The Labute approximate surface area is 139 Å². The van der Waals surface area contributed by atoms with Crippen molar-refractivity contribution in [3.63, 3.8) is 0 Å². The summed E-state index contributed by atoms with van der Waals surface area (Å²) in [7, 11) is -2.23. The van der Waals surface area contributed by atoms with Crippen molar-refractivity contribution < 1.29 is 24.1 Å². The third kappa shape index (κ3) is 7.02. The lowest BCUT2D eigenvalue weighted by Gasteiger charge is -2.38. The molecule has 23 heavy (non-hydrogen) atoms. The maximum atomic E-state index is 11.8. The van der Waals surface area contributed by atoms with Gasteiger partial charge in [0, 0.05) is 0 Å². The molecule has 0 heterocycles. The number of hydrogen-bond donors (Lipinski definition) is 4. The summed E-state index contributed by atoms with van der Waals surface area (Å²) in [5.41, 5.74) is -0.482. The largest absolute Gasteiger partial charge is 0.443 e. The predicted molar refractivity (Wildman–Crippen MR) is 88.6 cm³/mol. The average Bonchev–Trinajstić information content (AvgIpc) is 2.45. The van der Waals surface area contributed by atoms with E-state index in [-0.39, 0.29) is 6.54 Å². The summed E-state index contributed by atoms with van der Waals surface area (Å²) in [4.78, 5) is 41.3. The van der Waals surface area contributed by atoms with Crippen LogP contribution in [0.3, 0.4) is 0 Å². The van der Waals surface area contributed by atoms with Crippen LogP contribution in [-0.4, -0.2) is 39.7 Å². The van der Waals surface area contributed by atoms with Crippen molar-refractivity contribution in [1.29, 1.82) is 0 Å². The second kappa shape index (κ2) is 8.81. The van der Waals surface area contributed by atoms with Gasteiger partial charge in [0.15, 0.2) is 8.38 Å². The molecule has 0 spiro atoms. The van der Waals surface area contributed by atoms with Gasteiger partial charge in [-0.2, -0.15) is 0 Å². The second-order valence-electron chi connectivity index (χ2n) is 6.84. The van der Waals surface area contributed by atoms with Crippen LogP contribution >= 0.6 is 8.38 Å². The first-order chi connectivity index (χ1) is 10.6. The number of carbonyl (C=O) groups is 2. The Balaban J connectivity index is 2.32. The van der Waals surface area contributed by atoms with Gasteiger partial charge in [0.1, 0.15) is 12.1 Å². The summed E-state index contributed by atoms with van der Waals surface area (Å²) < 4.78 is 5.48. The molecule has 1 fully saturated rings. The number of amides is 2. The van der Waals surface area contributed by atoms with Gasteiger partial charge in [-0.25, -0.2) is 4.79 Å². The number of hydrogen-bond acceptors (Lipinski definition) is 5. The van der Waals surface area contributed by atoms with Crippen molar-refractivity contribution in [1.82, 2.24) is 10.6 Å². The van der Waals surface area contributed by atoms with E-state index in [2.05, 4.69) is 24.5 Å². The fraction of sp³-hybridized carbons (Fsp3) is 0.867. The third-order valence-corrected chi connectivity index (χ3v) is 5.30. The molecule has 0 bridgehead atoms. The summed E-state index contributed by atoms with van der Waals surface area (Å²) in [5, 5.41) is 4.79. The van der Waals surface area contributed by atoms with Crippen LogP contribution in [0.2, 0.25) is 0 Å². The first-order valence-electron chi connectivity index (χ1n) is 8.06. The predicted octanol–water partition coefficient (Wildman–Crippen LogP) is 2.08. The van der Waals surface area contributed by atoms with Crippen molar-refractivity contribution >= 4 is 20.4 Å². The molecule has 1 aliphatic rings. The van der Waals surface area contributed by atoms with Crippen LogP contribution in [0.1, 0.15) is 53.4 Å². The zero-order chi connectivity index (χ0) is 17.6. The molecule has 1 saturated carbocycles. The Morgan fingerprint density at radius 1 is 1.26 bits per heavy atom. The normalized spacial score (nSPS) is 26.0. The molecule has 1 rings (SSSR count). The monoisotopic (exact) mass is 348 g/mol. The number of nitrogens with one attached hydrogen (secondary N) is 2. The minimum Gasteiger partial charge on any atom is -0.443 e. The highest BCUT2D eigenvalue weighted by molar-refractivity contribution is 7.45. The number of alkyl carbamates (subject to hydrolysis) is 1. The quantitative estimate of drug-likeness (QED) is 0.550. The van der Waals surface area contributed by atoms with Gasteiger partial charge >= 0.3 is 6.09 Å². The minimum atomic E-state index is -2.23. The van der Waals surface area contributed by atoms with E-state index in [1.165, 1.54) is 6.92 Å². The molecule has 1 atom stereocenters. The molecule has 0 aromatic heterocycles. The summed E-state index contributed by atoms with van der Waals surface area (Å²) >= 11 is 0. The van der Waals surface area contributed by atoms with Gasteiger partial charge in [0.25, 0.3) is 0 Å². The summed E-state index contributed by atoms with van der Waals surface area (Å²) in [5.74, 6) is 0.0920. The van der Waals surface area contributed by atoms with Crippen LogP contribution in [0.15, 0.2) is 0 Å². The molecule has 0 aromatic carbocycles. The van der Waals surface area contributed by atoms with E-state index in [9.17, 15) is 9.59 Å². The van der Waals surface area contributed by atoms with E-state index in [0.29, 0.717) is 11.8 Å². The molecule has 0 aliphatic heterocycles. The van der Waals surface area contributed by atoms with Gasteiger partial charge < -0.3 is 25.2 Å². The molecule has 1 unspecified atom stereocenters. The first-order valence-corrected chi connectivity index (χ1v) is 9.38. The molecule has 2 amide bonds. The molecule has 7 nitrogen and oxygen atoms in total. The topological polar surface area (TPSA) is 108 Å². The molecule has 0 radical (unpaired) electrons. The molecule has 0 aromatic rings. The molecule has 1 aliphatic carbocycles. The van der Waals surface area contributed by atoms with Crippen LogP contribution in [-0.2, 0) is 9.53 Å². The van der Waals surface area contributed by atoms with Gasteiger partial charge in [0.05, 0.1) is 5.78 Å². The lowest BCUT2D eigenvalue weighted by Crippen LogP contribution is -2.44. The highest BCUT2D eigenvalue weighted by Crippen LogP contribution is 2.37. The SMILES string of the molecule is CC(C)C1CCC(C)(OC(=O)NCC(=O)NC(C)P(O)O)CC1. The maximum absolute atomic E-state index is 11.8. The fourth-order valence-electron chi connectivity index (χ4n) is 2.77. The van der Waals surface area contributed by atoms with Crippen molar-refractivity contribution in [3.8, 4) is 0 Å². The maximum Gasteiger partial charge on any atom is 0.408 e. The van der Waals surface area contributed by atoms with Crippen molar-refractivity contribution in [3.05, 3.63) is 0 Å². The Bertz CT molecular complexity index is 409. The second-order valence-corrected chi connectivity index (χ2v) is 8.25. The number of rotatable bonds is 6. The van der Waals surface area contributed by atoms with Crippen molar-refractivity contribution in [2.45, 2.75) is 64.8 Å². The fourth-order valence-corrected chi connectivity index (χ4v) is 3.03. The summed E-state index contributed by atoms with van der Waals surface area (Å²) in [6.07, 6.45) is 3.11. The van der Waals surface area contributed by atoms with Crippen LogP contribution in [0, 0.1) is 11.8 Å². The Morgan fingerprint density at radius 3 is 2.30 bits per heavy atom. The Morgan fingerprint density at radius 2 is 1.83 bits per heavy atom. The van der Waals surface area contributed by atoms with E-state index in [0.717, 1.165) is 25.7 Å². The molecule has 4 N–H and O–H groups in total. The van der Waals surface area contributed by atoms with E-state index in [1.54, 1.807) is 0 Å². The van der Waals surface area contributed by atoms with Gasteiger partial charge in [-0.05, 0) is 51.4 Å². The van der Waals surface area contributed by atoms with Crippen molar-refractivity contribution in [2.24, 2.45) is 11.8 Å². The highest BCUT2D eigenvalue weighted by atomic mass is 31.2. The molecular weight excluding hydrogens is 319 g/mol. The Hall–Kier alpha value is -0.910. The van der Waals surface area contributed by atoms with Crippen LogP contribution < -0.4 is 10.6 Å². The van der Waals surface area contributed by atoms with Crippen molar-refractivity contribution in [2.75, 3.05) is 6.54 Å². The van der Waals surface area contributed by atoms with E-state index in [1.807, 2.05) is 6.92 Å². The molecule has 134 valence electrons. The molecular formula is C15H29N2O5P. The van der Waals surface area contributed by atoms with Gasteiger partial charge in [0.2, 0.25) is 5.91 Å². The number of ether oxygens (including phenoxy) is 1. The van der Waals surface area contributed by atoms with Gasteiger partial charge in [-0.3, -0.25) is 4.79 Å².